The summed E-state index contributed by atoms with van der Waals surface area (Å²) >= 11 is 2.16. The third-order valence-electron chi connectivity index (χ3n) is 5.07. The molecule has 20 heavy (non-hydrogen) atoms. The maximum absolute atomic E-state index is 3.96. The second-order valence-corrected chi connectivity index (χ2v) is 8.32. The van der Waals surface area contributed by atoms with Crippen molar-refractivity contribution in [3.05, 3.63) is 0 Å². The van der Waals surface area contributed by atoms with Gasteiger partial charge in [-0.25, -0.2) is 0 Å². The molecule has 4 unspecified atom stereocenters. The van der Waals surface area contributed by atoms with E-state index in [0.717, 1.165) is 17.2 Å². The SMILES string of the molecule is CCCN1CCCC(C(C)NC2CCC(SCC)C2)C1. The van der Waals surface area contributed by atoms with Gasteiger partial charge in [0, 0.05) is 23.9 Å². The summed E-state index contributed by atoms with van der Waals surface area (Å²) in [6.45, 7) is 11.0. The minimum Gasteiger partial charge on any atom is -0.311 e. The van der Waals surface area contributed by atoms with Gasteiger partial charge in [0.05, 0.1) is 0 Å². The summed E-state index contributed by atoms with van der Waals surface area (Å²) in [6.07, 6.45) is 8.34. The number of rotatable bonds is 7. The van der Waals surface area contributed by atoms with E-state index in [1.165, 1.54) is 63.9 Å². The Hall–Kier alpha value is 0.270. The molecular formula is C17H34N2S. The van der Waals surface area contributed by atoms with E-state index in [0.29, 0.717) is 6.04 Å². The van der Waals surface area contributed by atoms with Gasteiger partial charge in [-0.1, -0.05) is 13.8 Å². The van der Waals surface area contributed by atoms with Crippen LogP contribution in [0.3, 0.4) is 0 Å². The Morgan fingerprint density at radius 1 is 1.25 bits per heavy atom. The molecule has 0 amide bonds. The smallest absolute Gasteiger partial charge is 0.00818 e. The molecule has 1 saturated carbocycles. The quantitative estimate of drug-likeness (QED) is 0.770. The predicted octanol–water partition coefficient (Wildman–Crippen LogP) is 3.76. The second-order valence-electron chi connectivity index (χ2n) is 6.75. The fourth-order valence-electron chi connectivity index (χ4n) is 4.01. The molecule has 4 atom stereocenters. The predicted molar refractivity (Wildman–Crippen MR) is 91.6 cm³/mol. The Balaban J connectivity index is 1.72. The molecule has 1 aliphatic heterocycles. The first-order valence-corrected chi connectivity index (χ1v) is 9.87. The van der Waals surface area contributed by atoms with Crippen molar-refractivity contribution in [1.82, 2.24) is 10.2 Å². The molecule has 1 N–H and O–H groups in total. The minimum absolute atomic E-state index is 0.699. The molecule has 2 rings (SSSR count). The van der Waals surface area contributed by atoms with Gasteiger partial charge < -0.3 is 10.2 Å². The Labute approximate surface area is 130 Å². The average Bonchev–Trinajstić information content (AvgIpc) is 2.87. The lowest BCUT2D eigenvalue weighted by molar-refractivity contribution is 0.147. The van der Waals surface area contributed by atoms with Crippen molar-refractivity contribution in [1.29, 1.82) is 0 Å². The van der Waals surface area contributed by atoms with Crippen LogP contribution in [0.25, 0.3) is 0 Å². The molecule has 0 aromatic heterocycles. The zero-order chi connectivity index (χ0) is 14.4. The monoisotopic (exact) mass is 298 g/mol. The van der Waals surface area contributed by atoms with Gasteiger partial charge in [0.15, 0.2) is 0 Å². The van der Waals surface area contributed by atoms with Gasteiger partial charge in [0.2, 0.25) is 0 Å². The first kappa shape index (κ1) is 16.6. The highest BCUT2D eigenvalue weighted by atomic mass is 32.2. The zero-order valence-corrected chi connectivity index (χ0v) is 14.6. The van der Waals surface area contributed by atoms with Crippen LogP contribution < -0.4 is 5.32 Å². The van der Waals surface area contributed by atoms with Gasteiger partial charge in [-0.2, -0.15) is 11.8 Å². The van der Waals surface area contributed by atoms with Gasteiger partial charge in [-0.05, 0) is 70.2 Å². The number of hydrogen-bond donors (Lipinski definition) is 1. The molecule has 1 aliphatic carbocycles. The highest BCUT2D eigenvalue weighted by Gasteiger charge is 2.29. The van der Waals surface area contributed by atoms with Crippen molar-refractivity contribution in [3.63, 3.8) is 0 Å². The minimum atomic E-state index is 0.699. The second kappa shape index (κ2) is 8.65. The van der Waals surface area contributed by atoms with Crippen LogP contribution >= 0.6 is 11.8 Å². The van der Waals surface area contributed by atoms with Gasteiger partial charge in [-0.3, -0.25) is 0 Å². The lowest BCUT2D eigenvalue weighted by Crippen LogP contribution is -2.47. The maximum atomic E-state index is 3.96. The van der Waals surface area contributed by atoms with Gasteiger partial charge in [0.25, 0.3) is 0 Å². The van der Waals surface area contributed by atoms with E-state index in [-0.39, 0.29) is 0 Å². The topological polar surface area (TPSA) is 15.3 Å². The van der Waals surface area contributed by atoms with E-state index in [1.54, 1.807) is 0 Å². The van der Waals surface area contributed by atoms with Crippen LogP contribution in [0.2, 0.25) is 0 Å². The summed E-state index contributed by atoms with van der Waals surface area (Å²) in [4.78, 5) is 2.68. The van der Waals surface area contributed by atoms with Crippen molar-refractivity contribution in [2.45, 2.75) is 76.6 Å². The normalized spacial score (nSPS) is 33.5. The third-order valence-corrected chi connectivity index (χ3v) is 6.31. The highest BCUT2D eigenvalue weighted by molar-refractivity contribution is 7.99. The molecule has 2 fully saturated rings. The number of likely N-dealkylation sites (tertiary alicyclic amines) is 1. The van der Waals surface area contributed by atoms with Crippen molar-refractivity contribution < 1.29 is 0 Å². The molecule has 3 heteroatoms. The number of thioether (sulfide) groups is 1. The van der Waals surface area contributed by atoms with E-state index in [4.69, 9.17) is 0 Å². The Kier molecular flexibility index (Phi) is 7.20. The molecule has 118 valence electrons. The molecule has 0 aromatic carbocycles. The first-order valence-electron chi connectivity index (χ1n) is 8.82. The van der Waals surface area contributed by atoms with E-state index >= 15 is 0 Å². The lowest BCUT2D eigenvalue weighted by atomic mass is 9.91. The van der Waals surface area contributed by atoms with E-state index in [9.17, 15) is 0 Å². The van der Waals surface area contributed by atoms with Crippen molar-refractivity contribution in [2.75, 3.05) is 25.4 Å². The van der Waals surface area contributed by atoms with Crippen LogP contribution in [0.15, 0.2) is 0 Å². The molecule has 1 heterocycles. The number of nitrogens with zero attached hydrogens (tertiary/aromatic N) is 1. The Bertz CT molecular complexity index is 270. The summed E-state index contributed by atoms with van der Waals surface area (Å²) in [6, 6.07) is 1.49. The first-order chi connectivity index (χ1) is 9.72. The van der Waals surface area contributed by atoms with Crippen LogP contribution in [0, 0.1) is 5.92 Å². The fraction of sp³-hybridized carbons (Fsp3) is 1.00. The molecule has 2 aliphatic rings. The summed E-state index contributed by atoms with van der Waals surface area (Å²) in [5.74, 6) is 2.15. The van der Waals surface area contributed by atoms with E-state index in [2.05, 4.69) is 42.7 Å². The largest absolute Gasteiger partial charge is 0.311 e. The Morgan fingerprint density at radius 3 is 2.85 bits per heavy atom. The molecule has 0 radical (unpaired) electrons. The summed E-state index contributed by atoms with van der Waals surface area (Å²) in [5, 5.41) is 4.88. The number of piperidine rings is 1. The molecule has 0 aromatic rings. The zero-order valence-electron chi connectivity index (χ0n) is 13.7. The molecule has 1 saturated heterocycles. The molecule has 0 bridgehead atoms. The molecule has 2 nitrogen and oxygen atoms in total. The van der Waals surface area contributed by atoms with Crippen molar-refractivity contribution in [3.8, 4) is 0 Å². The molecule has 0 spiro atoms. The van der Waals surface area contributed by atoms with Crippen LogP contribution in [-0.2, 0) is 0 Å². The number of hydrogen-bond acceptors (Lipinski definition) is 3. The van der Waals surface area contributed by atoms with Gasteiger partial charge in [0.1, 0.15) is 0 Å². The Morgan fingerprint density at radius 2 is 2.10 bits per heavy atom. The summed E-state index contributed by atoms with van der Waals surface area (Å²) in [7, 11) is 0. The van der Waals surface area contributed by atoms with Crippen LogP contribution in [0.4, 0.5) is 0 Å². The highest BCUT2D eigenvalue weighted by Crippen LogP contribution is 2.30. The lowest BCUT2D eigenvalue weighted by Gasteiger charge is -2.37. The van der Waals surface area contributed by atoms with Crippen molar-refractivity contribution in [2.24, 2.45) is 5.92 Å². The molecular weight excluding hydrogens is 264 g/mol. The standard InChI is InChI=1S/C17H34N2S/c1-4-10-19-11-6-7-15(13-19)14(3)18-16-8-9-17(12-16)20-5-2/h14-18H,4-13H2,1-3H3. The fourth-order valence-corrected chi connectivity index (χ4v) is 5.15. The average molecular weight is 299 g/mol. The van der Waals surface area contributed by atoms with Gasteiger partial charge in [-0.15, -0.1) is 0 Å². The maximum Gasteiger partial charge on any atom is 0.00818 e. The van der Waals surface area contributed by atoms with E-state index < -0.39 is 0 Å². The summed E-state index contributed by atoms with van der Waals surface area (Å²) < 4.78 is 0. The van der Waals surface area contributed by atoms with Gasteiger partial charge >= 0.3 is 0 Å². The van der Waals surface area contributed by atoms with Crippen molar-refractivity contribution >= 4 is 11.8 Å². The van der Waals surface area contributed by atoms with Crippen LogP contribution in [-0.4, -0.2) is 47.6 Å². The van der Waals surface area contributed by atoms with Crippen LogP contribution in [0.5, 0.6) is 0 Å². The number of nitrogens with one attached hydrogen (secondary N) is 1. The summed E-state index contributed by atoms with van der Waals surface area (Å²) in [5.41, 5.74) is 0. The van der Waals surface area contributed by atoms with Crippen LogP contribution in [0.1, 0.15) is 59.3 Å². The third kappa shape index (κ3) is 4.92. The van der Waals surface area contributed by atoms with E-state index in [1.807, 2.05) is 0 Å².